The molecular weight excluding hydrogens is 264 g/mol. The van der Waals surface area contributed by atoms with Crippen molar-refractivity contribution >= 4 is 11.6 Å². The third kappa shape index (κ3) is 4.63. The first-order valence-corrected chi connectivity index (χ1v) is 7.68. The van der Waals surface area contributed by atoms with Gasteiger partial charge in [0.05, 0.1) is 12.6 Å². The first-order valence-electron chi connectivity index (χ1n) is 7.68. The lowest BCUT2D eigenvalue weighted by molar-refractivity contribution is 0.188. The summed E-state index contributed by atoms with van der Waals surface area (Å²) in [7, 11) is 2.08. The van der Waals surface area contributed by atoms with Gasteiger partial charge in [0.2, 0.25) is 0 Å². The molecular formula is C16H26N4O. The molecule has 1 aliphatic heterocycles. The summed E-state index contributed by atoms with van der Waals surface area (Å²) >= 11 is 0. The minimum absolute atomic E-state index is 0.221. The van der Waals surface area contributed by atoms with Crippen LogP contribution >= 0.6 is 0 Å². The highest BCUT2D eigenvalue weighted by molar-refractivity contribution is 5.80. The van der Waals surface area contributed by atoms with Crippen LogP contribution in [0.15, 0.2) is 35.3 Å². The fourth-order valence-corrected chi connectivity index (χ4v) is 2.48. The second kappa shape index (κ2) is 7.88. The van der Waals surface area contributed by atoms with Crippen LogP contribution in [-0.4, -0.2) is 61.8 Å². The number of β-amino-alcohol motifs (C(OH)–C–C–N with tert-alkyl or cyclic N) is 1. The van der Waals surface area contributed by atoms with Crippen LogP contribution in [0.25, 0.3) is 0 Å². The largest absolute Gasteiger partial charge is 0.391 e. The van der Waals surface area contributed by atoms with Gasteiger partial charge in [-0.05, 0) is 25.5 Å². The van der Waals surface area contributed by atoms with Gasteiger partial charge in [-0.1, -0.05) is 18.2 Å². The zero-order valence-electron chi connectivity index (χ0n) is 13.0. The molecule has 5 nitrogen and oxygen atoms in total. The molecule has 2 N–H and O–H groups in total. The van der Waals surface area contributed by atoms with E-state index in [0.29, 0.717) is 6.54 Å². The molecule has 0 unspecified atom stereocenters. The van der Waals surface area contributed by atoms with E-state index in [1.54, 1.807) is 0 Å². The third-order valence-corrected chi connectivity index (χ3v) is 3.69. The molecule has 0 amide bonds. The molecule has 1 aliphatic rings. The summed E-state index contributed by atoms with van der Waals surface area (Å²) < 4.78 is 0. The molecule has 1 fully saturated rings. The van der Waals surface area contributed by atoms with Crippen molar-refractivity contribution in [1.29, 1.82) is 0 Å². The van der Waals surface area contributed by atoms with E-state index in [9.17, 15) is 5.11 Å². The summed E-state index contributed by atoms with van der Waals surface area (Å²) in [5.41, 5.74) is 1.20. The Morgan fingerprint density at radius 1 is 1.43 bits per heavy atom. The Kier molecular flexibility index (Phi) is 5.87. The smallest absolute Gasteiger partial charge is 0.194 e. The minimum Gasteiger partial charge on any atom is -0.391 e. The molecule has 0 aliphatic carbocycles. The van der Waals surface area contributed by atoms with Crippen LogP contribution < -0.4 is 10.2 Å². The highest BCUT2D eigenvalue weighted by atomic mass is 16.3. The quantitative estimate of drug-likeness (QED) is 0.631. The number of hydrogen-bond acceptors (Lipinski definition) is 3. The van der Waals surface area contributed by atoms with Crippen molar-refractivity contribution in [3.8, 4) is 0 Å². The molecule has 1 aromatic carbocycles. The maximum atomic E-state index is 9.65. The van der Waals surface area contributed by atoms with Crippen LogP contribution in [0, 0.1) is 0 Å². The Morgan fingerprint density at radius 3 is 2.81 bits per heavy atom. The summed E-state index contributed by atoms with van der Waals surface area (Å²) in [6.45, 7) is 6.08. The summed E-state index contributed by atoms with van der Waals surface area (Å²) in [6.07, 6.45) is 0.606. The van der Waals surface area contributed by atoms with Crippen LogP contribution in [0.4, 0.5) is 5.69 Å². The zero-order valence-corrected chi connectivity index (χ0v) is 13.0. The fraction of sp³-hybridized carbons (Fsp3) is 0.562. The molecule has 5 heteroatoms. The third-order valence-electron chi connectivity index (χ3n) is 3.69. The lowest BCUT2D eigenvalue weighted by Gasteiger charge is -2.22. The molecule has 1 saturated heterocycles. The molecule has 116 valence electrons. The predicted octanol–water partition coefficient (Wildman–Crippen LogP) is 1.15. The van der Waals surface area contributed by atoms with Gasteiger partial charge in [-0.15, -0.1) is 0 Å². The van der Waals surface area contributed by atoms with Crippen LogP contribution in [-0.2, 0) is 0 Å². The van der Waals surface area contributed by atoms with Gasteiger partial charge in [-0.25, -0.2) is 0 Å². The maximum Gasteiger partial charge on any atom is 0.194 e. The molecule has 0 spiro atoms. The van der Waals surface area contributed by atoms with Crippen molar-refractivity contribution in [2.24, 2.45) is 4.99 Å². The number of guanidine groups is 1. The van der Waals surface area contributed by atoms with Gasteiger partial charge in [-0.2, -0.15) is 0 Å². The van der Waals surface area contributed by atoms with Gasteiger partial charge < -0.3 is 20.2 Å². The monoisotopic (exact) mass is 290 g/mol. The number of benzene rings is 1. The number of nitrogens with one attached hydrogen (secondary N) is 1. The van der Waals surface area contributed by atoms with Crippen LogP contribution in [0.1, 0.15) is 13.3 Å². The normalized spacial score (nSPS) is 18.9. The first kappa shape index (κ1) is 15.6. The summed E-state index contributed by atoms with van der Waals surface area (Å²) in [4.78, 5) is 9.01. The first-order chi connectivity index (χ1) is 10.2. The Balaban J connectivity index is 1.88. The molecule has 0 radical (unpaired) electrons. The molecule has 0 bridgehead atoms. The lowest BCUT2D eigenvalue weighted by atomic mass is 10.3. The number of aliphatic hydroxyl groups excluding tert-OH is 1. The van der Waals surface area contributed by atoms with E-state index in [1.807, 2.05) is 18.2 Å². The average Bonchev–Trinajstić information content (AvgIpc) is 2.93. The van der Waals surface area contributed by atoms with Gasteiger partial charge in [-0.3, -0.25) is 4.99 Å². The number of aliphatic hydroxyl groups is 1. The fourth-order valence-electron chi connectivity index (χ4n) is 2.48. The summed E-state index contributed by atoms with van der Waals surface area (Å²) in [5.74, 6) is 0.913. The predicted molar refractivity (Wildman–Crippen MR) is 87.9 cm³/mol. The number of likely N-dealkylation sites (N-methyl/N-ethyl adjacent to an activating group) is 1. The molecule has 1 aromatic rings. The van der Waals surface area contributed by atoms with Crippen molar-refractivity contribution in [2.75, 3.05) is 44.7 Å². The Hall–Kier alpha value is -1.75. The van der Waals surface area contributed by atoms with E-state index in [-0.39, 0.29) is 6.10 Å². The second-order valence-corrected chi connectivity index (χ2v) is 5.38. The van der Waals surface area contributed by atoms with Gasteiger partial charge in [0.15, 0.2) is 5.96 Å². The molecule has 21 heavy (non-hydrogen) atoms. The van der Waals surface area contributed by atoms with Gasteiger partial charge in [0.25, 0.3) is 0 Å². The highest BCUT2D eigenvalue weighted by Gasteiger charge is 2.22. The van der Waals surface area contributed by atoms with Crippen molar-refractivity contribution in [1.82, 2.24) is 10.2 Å². The zero-order chi connectivity index (χ0) is 15.1. The van der Waals surface area contributed by atoms with Crippen molar-refractivity contribution in [3.63, 3.8) is 0 Å². The van der Waals surface area contributed by atoms with E-state index in [1.165, 1.54) is 5.69 Å². The van der Waals surface area contributed by atoms with Gasteiger partial charge in [0.1, 0.15) is 0 Å². The molecule has 1 atom stereocenters. The van der Waals surface area contributed by atoms with Gasteiger partial charge >= 0.3 is 0 Å². The van der Waals surface area contributed by atoms with E-state index < -0.39 is 0 Å². The van der Waals surface area contributed by atoms with Crippen LogP contribution in [0.2, 0.25) is 0 Å². The lowest BCUT2D eigenvalue weighted by Crippen LogP contribution is -2.41. The van der Waals surface area contributed by atoms with Gasteiger partial charge in [0, 0.05) is 38.9 Å². The van der Waals surface area contributed by atoms with E-state index in [2.05, 4.69) is 46.2 Å². The van der Waals surface area contributed by atoms with E-state index >= 15 is 0 Å². The Bertz CT molecular complexity index is 449. The summed E-state index contributed by atoms with van der Waals surface area (Å²) in [5, 5.41) is 13.0. The maximum absolute atomic E-state index is 9.65. The van der Waals surface area contributed by atoms with Crippen molar-refractivity contribution in [2.45, 2.75) is 19.4 Å². The molecule has 2 rings (SSSR count). The van der Waals surface area contributed by atoms with E-state index in [0.717, 1.165) is 38.6 Å². The van der Waals surface area contributed by atoms with Crippen molar-refractivity contribution in [3.05, 3.63) is 30.3 Å². The standard InChI is InChI=1S/C16H26N4O/c1-3-17-16(20-11-9-15(21)13-20)18-10-12-19(2)14-7-5-4-6-8-14/h4-8,15,21H,3,9-13H2,1-2H3,(H,17,18)/t15-/m1/s1. The number of nitrogens with zero attached hydrogens (tertiary/aromatic N) is 3. The topological polar surface area (TPSA) is 51.1 Å². The number of rotatable bonds is 5. The number of likely N-dealkylation sites (tertiary alicyclic amines) is 1. The molecule has 0 aromatic heterocycles. The van der Waals surface area contributed by atoms with E-state index in [4.69, 9.17) is 0 Å². The molecule has 1 heterocycles. The summed E-state index contributed by atoms with van der Waals surface area (Å²) in [6, 6.07) is 10.3. The van der Waals surface area contributed by atoms with Crippen LogP contribution in [0.3, 0.4) is 0 Å². The van der Waals surface area contributed by atoms with Crippen molar-refractivity contribution < 1.29 is 5.11 Å². The highest BCUT2D eigenvalue weighted by Crippen LogP contribution is 2.11. The molecule has 0 saturated carbocycles. The second-order valence-electron chi connectivity index (χ2n) is 5.38. The Labute approximate surface area is 127 Å². The van der Waals surface area contributed by atoms with Crippen LogP contribution in [0.5, 0.6) is 0 Å². The number of hydrogen-bond donors (Lipinski definition) is 2. The Morgan fingerprint density at radius 2 is 2.19 bits per heavy atom. The minimum atomic E-state index is -0.221. The number of para-hydroxylation sites is 1. The average molecular weight is 290 g/mol. The SMILES string of the molecule is CCNC(=NCCN(C)c1ccccc1)N1CC[C@@H](O)C1. The number of aliphatic imine (C=N–C) groups is 1. The number of anilines is 1.